The second-order valence-corrected chi connectivity index (χ2v) is 4.02. The van der Waals surface area contributed by atoms with Crippen LogP contribution < -0.4 is 10.1 Å². The predicted octanol–water partition coefficient (Wildman–Crippen LogP) is 1.23. The van der Waals surface area contributed by atoms with Crippen molar-refractivity contribution < 1.29 is 9.84 Å². The van der Waals surface area contributed by atoms with Gasteiger partial charge in [0.25, 0.3) is 0 Å². The molecule has 0 unspecified atom stereocenters. The zero-order valence-corrected chi connectivity index (χ0v) is 8.73. The first-order valence-electron chi connectivity index (χ1n) is 4.23. The Morgan fingerprint density at radius 2 is 2.38 bits per heavy atom. The van der Waals surface area contributed by atoms with Gasteiger partial charge >= 0.3 is 0 Å². The number of hydrogen-bond acceptors (Lipinski definition) is 4. The van der Waals surface area contributed by atoms with Crippen LogP contribution in [0.1, 0.15) is 11.8 Å². The van der Waals surface area contributed by atoms with Crippen molar-refractivity contribution in [2.24, 2.45) is 0 Å². The smallest absolute Gasteiger partial charge is 0.173 e. The molecule has 0 aromatic carbocycles. The van der Waals surface area contributed by atoms with E-state index in [1.807, 2.05) is 19.1 Å². The van der Waals surface area contributed by atoms with Crippen molar-refractivity contribution in [2.75, 3.05) is 13.7 Å². The Morgan fingerprint density at radius 1 is 1.62 bits per heavy atom. The van der Waals surface area contributed by atoms with Gasteiger partial charge < -0.3 is 15.2 Å². The number of methoxy groups -OCH3 is 1. The molecule has 1 atom stereocenters. The van der Waals surface area contributed by atoms with Crippen molar-refractivity contribution in [3.05, 3.63) is 17.0 Å². The molecule has 2 N–H and O–H groups in total. The summed E-state index contributed by atoms with van der Waals surface area (Å²) in [5.41, 5.74) is 0. The van der Waals surface area contributed by atoms with Gasteiger partial charge in [0, 0.05) is 17.5 Å². The fourth-order valence-corrected chi connectivity index (χ4v) is 1.67. The molecule has 0 aliphatic heterocycles. The second-order valence-electron chi connectivity index (χ2n) is 2.89. The fourth-order valence-electron chi connectivity index (χ4n) is 0.902. The monoisotopic (exact) mass is 201 g/mol. The molecule has 0 radical (unpaired) electrons. The van der Waals surface area contributed by atoms with Gasteiger partial charge in [0.05, 0.1) is 13.7 Å². The minimum Gasteiger partial charge on any atom is -0.487 e. The molecule has 0 fully saturated rings. The van der Waals surface area contributed by atoms with Crippen molar-refractivity contribution in [3.8, 4) is 5.06 Å². The first-order chi connectivity index (χ1) is 6.26. The van der Waals surface area contributed by atoms with Gasteiger partial charge in [0.15, 0.2) is 5.06 Å². The van der Waals surface area contributed by atoms with E-state index in [4.69, 9.17) is 9.84 Å². The molecule has 0 aliphatic carbocycles. The van der Waals surface area contributed by atoms with Gasteiger partial charge in [-0.1, -0.05) is 0 Å². The highest BCUT2D eigenvalue weighted by molar-refractivity contribution is 7.13. The van der Waals surface area contributed by atoms with E-state index in [1.54, 1.807) is 18.4 Å². The van der Waals surface area contributed by atoms with Crippen molar-refractivity contribution in [1.82, 2.24) is 5.32 Å². The second kappa shape index (κ2) is 5.21. The van der Waals surface area contributed by atoms with Crippen molar-refractivity contribution >= 4 is 11.3 Å². The highest BCUT2D eigenvalue weighted by atomic mass is 32.1. The molecule has 1 rings (SSSR count). The van der Waals surface area contributed by atoms with Crippen LogP contribution >= 0.6 is 11.3 Å². The molecule has 1 aromatic heterocycles. The van der Waals surface area contributed by atoms with Crippen LogP contribution in [0.25, 0.3) is 0 Å². The van der Waals surface area contributed by atoms with E-state index in [2.05, 4.69) is 5.32 Å². The normalized spacial score (nSPS) is 12.8. The van der Waals surface area contributed by atoms with E-state index < -0.39 is 0 Å². The molecular formula is C9H15NO2S. The predicted molar refractivity (Wildman–Crippen MR) is 54.3 cm³/mol. The van der Waals surface area contributed by atoms with E-state index in [1.165, 1.54) is 4.88 Å². The summed E-state index contributed by atoms with van der Waals surface area (Å²) in [6.45, 7) is 2.91. The van der Waals surface area contributed by atoms with Crippen molar-refractivity contribution in [1.29, 1.82) is 0 Å². The minimum atomic E-state index is 0.146. The van der Waals surface area contributed by atoms with Crippen LogP contribution in [0.2, 0.25) is 0 Å². The quantitative estimate of drug-likeness (QED) is 0.753. The molecule has 1 heterocycles. The highest BCUT2D eigenvalue weighted by Crippen LogP contribution is 2.23. The lowest BCUT2D eigenvalue weighted by Crippen LogP contribution is -2.28. The van der Waals surface area contributed by atoms with E-state index in [0.717, 1.165) is 11.6 Å². The Hall–Kier alpha value is -0.580. The van der Waals surface area contributed by atoms with Crippen LogP contribution in [0.3, 0.4) is 0 Å². The fraction of sp³-hybridized carbons (Fsp3) is 0.556. The first-order valence-corrected chi connectivity index (χ1v) is 5.05. The van der Waals surface area contributed by atoms with Crippen LogP contribution in [0.5, 0.6) is 5.06 Å². The summed E-state index contributed by atoms with van der Waals surface area (Å²) < 4.78 is 5.07. The van der Waals surface area contributed by atoms with E-state index in [-0.39, 0.29) is 12.6 Å². The molecule has 13 heavy (non-hydrogen) atoms. The lowest BCUT2D eigenvalue weighted by Gasteiger charge is -2.08. The Bertz CT molecular complexity index is 250. The van der Waals surface area contributed by atoms with Gasteiger partial charge in [0.2, 0.25) is 0 Å². The first kappa shape index (κ1) is 10.5. The number of rotatable bonds is 5. The van der Waals surface area contributed by atoms with Crippen LogP contribution in [0.15, 0.2) is 12.1 Å². The summed E-state index contributed by atoms with van der Waals surface area (Å²) in [5, 5.41) is 12.9. The molecule has 0 spiro atoms. The highest BCUT2D eigenvalue weighted by Gasteiger charge is 2.02. The van der Waals surface area contributed by atoms with Gasteiger partial charge in [0.1, 0.15) is 0 Å². The van der Waals surface area contributed by atoms with Crippen molar-refractivity contribution in [3.63, 3.8) is 0 Å². The number of nitrogens with one attached hydrogen (secondary N) is 1. The third-order valence-corrected chi connectivity index (χ3v) is 2.78. The molecule has 0 aliphatic rings. The Kier molecular flexibility index (Phi) is 4.21. The van der Waals surface area contributed by atoms with E-state index in [0.29, 0.717) is 0 Å². The average molecular weight is 201 g/mol. The number of ether oxygens (including phenoxy) is 1. The number of thiophene rings is 1. The zero-order chi connectivity index (χ0) is 9.68. The maximum atomic E-state index is 8.78. The maximum Gasteiger partial charge on any atom is 0.173 e. The molecular weight excluding hydrogens is 186 g/mol. The molecule has 1 aromatic rings. The summed E-state index contributed by atoms with van der Waals surface area (Å²) in [6.07, 6.45) is 0. The average Bonchev–Trinajstić information content (AvgIpc) is 2.61. The third kappa shape index (κ3) is 3.34. The van der Waals surface area contributed by atoms with Gasteiger partial charge in [-0.25, -0.2) is 0 Å². The zero-order valence-electron chi connectivity index (χ0n) is 7.91. The molecule has 0 saturated carbocycles. The molecule has 74 valence electrons. The van der Waals surface area contributed by atoms with E-state index >= 15 is 0 Å². The van der Waals surface area contributed by atoms with Gasteiger partial charge in [-0.2, -0.15) is 0 Å². The largest absolute Gasteiger partial charge is 0.487 e. The topological polar surface area (TPSA) is 41.5 Å². The SMILES string of the molecule is COc1ccc(CN[C@@H](C)CO)s1. The summed E-state index contributed by atoms with van der Waals surface area (Å²) in [7, 11) is 1.67. The summed E-state index contributed by atoms with van der Waals surface area (Å²) in [6, 6.07) is 4.12. The summed E-state index contributed by atoms with van der Waals surface area (Å²) >= 11 is 1.62. The van der Waals surface area contributed by atoms with Gasteiger partial charge in [-0.15, -0.1) is 11.3 Å². The van der Waals surface area contributed by atoms with E-state index in [9.17, 15) is 0 Å². The molecule has 0 bridgehead atoms. The number of aliphatic hydroxyl groups excluding tert-OH is 1. The third-order valence-electron chi connectivity index (χ3n) is 1.74. The van der Waals surface area contributed by atoms with Gasteiger partial charge in [-0.3, -0.25) is 0 Å². The van der Waals surface area contributed by atoms with Crippen LogP contribution in [0, 0.1) is 0 Å². The van der Waals surface area contributed by atoms with Gasteiger partial charge in [-0.05, 0) is 19.1 Å². The minimum absolute atomic E-state index is 0.146. The lowest BCUT2D eigenvalue weighted by molar-refractivity contribution is 0.251. The molecule has 0 amide bonds. The standard InChI is InChI=1S/C9H15NO2S/c1-7(6-11)10-5-8-3-4-9(12-2)13-8/h3-4,7,10-11H,5-6H2,1-2H3/t7-/m0/s1. The summed E-state index contributed by atoms with van der Waals surface area (Å²) in [5.74, 6) is 0. The lowest BCUT2D eigenvalue weighted by atomic mass is 10.3. The summed E-state index contributed by atoms with van der Waals surface area (Å²) in [4.78, 5) is 1.22. The van der Waals surface area contributed by atoms with Crippen molar-refractivity contribution in [2.45, 2.75) is 19.5 Å². The Labute approximate surface area is 82.4 Å². The Balaban J connectivity index is 2.36. The molecule has 3 nitrogen and oxygen atoms in total. The number of aliphatic hydroxyl groups is 1. The molecule has 4 heteroatoms. The van der Waals surface area contributed by atoms with Crippen LogP contribution in [0.4, 0.5) is 0 Å². The number of hydrogen-bond donors (Lipinski definition) is 2. The van der Waals surface area contributed by atoms with Crippen LogP contribution in [-0.2, 0) is 6.54 Å². The molecule has 0 saturated heterocycles. The Morgan fingerprint density at radius 3 is 2.92 bits per heavy atom. The van der Waals surface area contributed by atoms with Crippen LogP contribution in [-0.4, -0.2) is 24.9 Å². The maximum absolute atomic E-state index is 8.78.